The summed E-state index contributed by atoms with van der Waals surface area (Å²) in [6, 6.07) is 8.86. The van der Waals surface area contributed by atoms with Crippen LogP contribution >= 0.6 is 0 Å². The molecule has 0 N–H and O–H groups in total. The maximum atomic E-state index is 12.8. The molecule has 160 valence electrons. The molecule has 0 aliphatic carbocycles. The van der Waals surface area contributed by atoms with Crippen molar-refractivity contribution in [1.82, 2.24) is 0 Å². The number of benzene rings is 2. The van der Waals surface area contributed by atoms with Crippen LogP contribution in [0.1, 0.15) is 54.6 Å². The van der Waals surface area contributed by atoms with E-state index >= 15 is 0 Å². The number of allylic oxidation sites excluding steroid dienone is 2. The van der Waals surface area contributed by atoms with Gasteiger partial charge in [0.15, 0.2) is 17.3 Å². The molecular formula is C25H24O6. The third kappa shape index (κ3) is 3.69. The summed E-state index contributed by atoms with van der Waals surface area (Å²) in [5, 5.41) is 0. The van der Waals surface area contributed by atoms with E-state index in [-0.39, 0.29) is 24.1 Å². The van der Waals surface area contributed by atoms with Crippen molar-refractivity contribution in [2.45, 2.75) is 33.1 Å². The number of methoxy groups -OCH3 is 1. The van der Waals surface area contributed by atoms with Crippen LogP contribution in [-0.4, -0.2) is 25.5 Å². The molecule has 0 bridgehead atoms. The quantitative estimate of drug-likeness (QED) is 0.295. The Kier molecular flexibility index (Phi) is 5.31. The molecule has 2 aromatic carbocycles. The van der Waals surface area contributed by atoms with Crippen molar-refractivity contribution in [3.63, 3.8) is 0 Å². The molecule has 2 aromatic rings. The van der Waals surface area contributed by atoms with Crippen molar-refractivity contribution >= 4 is 11.8 Å². The summed E-state index contributed by atoms with van der Waals surface area (Å²) in [6.07, 6.45) is 0.125. The Balaban J connectivity index is 1.81. The average molecular weight is 420 g/mol. The van der Waals surface area contributed by atoms with E-state index in [4.69, 9.17) is 18.9 Å². The number of hydrogen-bond acceptors (Lipinski definition) is 6. The second-order valence-corrected chi connectivity index (χ2v) is 8.00. The van der Waals surface area contributed by atoms with Crippen molar-refractivity contribution in [2.24, 2.45) is 0 Å². The highest BCUT2D eigenvalue weighted by atomic mass is 16.5. The Hall–Kier alpha value is -3.54. The van der Waals surface area contributed by atoms with Gasteiger partial charge in [-0.15, -0.1) is 0 Å². The first kappa shape index (κ1) is 20.7. The molecule has 0 amide bonds. The Bertz CT molecular complexity index is 1140. The summed E-state index contributed by atoms with van der Waals surface area (Å²) in [5.41, 5.74) is 3.70. The number of ether oxygens (including phenoxy) is 4. The van der Waals surface area contributed by atoms with Gasteiger partial charge in [-0.05, 0) is 61.7 Å². The minimum absolute atomic E-state index is 0.125. The molecule has 2 aliphatic heterocycles. The Morgan fingerprint density at radius 3 is 2.55 bits per heavy atom. The summed E-state index contributed by atoms with van der Waals surface area (Å²) in [4.78, 5) is 25.1. The van der Waals surface area contributed by atoms with Crippen LogP contribution in [0.15, 0.2) is 53.8 Å². The number of Topliss-reactive ketones (excluding diaryl/α,β-unsaturated/α-hetero) is 1. The van der Waals surface area contributed by atoms with E-state index in [9.17, 15) is 9.59 Å². The van der Waals surface area contributed by atoms with Gasteiger partial charge in [0, 0.05) is 11.5 Å². The predicted octanol–water partition coefficient (Wildman–Crippen LogP) is 4.96. The van der Waals surface area contributed by atoms with Gasteiger partial charge in [-0.2, -0.15) is 0 Å². The highest BCUT2D eigenvalue weighted by molar-refractivity contribution is 6.13. The summed E-state index contributed by atoms with van der Waals surface area (Å²) in [7, 11) is 1.57. The molecule has 2 heterocycles. The molecular weight excluding hydrogens is 396 g/mol. The normalized spacial score (nSPS) is 16.8. The zero-order valence-electron chi connectivity index (χ0n) is 18.0. The summed E-state index contributed by atoms with van der Waals surface area (Å²) < 4.78 is 22.7. The van der Waals surface area contributed by atoms with Crippen LogP contribution in [-0.2, 0) is 4.79 Å². The number of rotatable bonds is 5. The van der Waals surface area contributed by atoms with Crippen molar-refractivity contribution in [1.29, 1.82) is 0 Å². The molecule has 0 fully saturated rings. The maximum absolute atomic E-state index is 12.8. The van der Waals surface area contributed by atoms with Gasteiger partial charge in [-0.1, -0.05) is 12.6 Å². The van der Waals surface area contributed by atoms with E-state index in [1.54, 1.807) is 19.2 Å². The lowest BCUT2D eigenvalue weighted by atomic mass is 9.84. The zero-order chi connectivity index (χ0) is 22.3. The average Bonchev–Trinajstić information content (AvgIpc) is 3.08. The summed E-state index contributed by atoms with van der Waals surface area (Å²) in [6.45, 7) is 9.77. The standard InChI is InChI=1S/C25H24O6/c1-13(2)12-29-18-8-6-15(10-20(18)28-5)17-11-21(26)30-19-9-7-16-23(27)24(14(3)4)31-25(16)22(17)19/h6-10,17H,1,11-12H2,2-5H3. The number of hydrogen-bond donors (Lipinski definition) is 0. The van der Waals surface area contributed by atoms with E-state index in [0.29, 0.717) is 46.5 Å². The maximum Gasteiger partial charge on any atom is 0.312 e. The third-order valence-electron chi connectivity index (χ3n) is 5.27. The van der Waals surface area contributed by atoms with Crippen molar-refractivity contribution in [3.8, 4) is 23.0 Å². The number of carbonyl (C=O) groups excluding carboxylic acids is 2. The zero-order valence-corrected chi connectivity index (χ0v) is 18.0. The largest absolute Gasteiger partial charge is 0.493 e. The minimum Gasteiger partial charge on any atom is -0.493 e. The summed E-state index contributed by atoms with van der Waals surface area (Å²) >= 11 is 0. The molecule has 0 saturated carbocycles. The van der Waals surface area contributed by atoms with Crippen LogP contribution in [0, 0.1) is 0 Å². The molecule has 0 saturated heterocycles. The second-order valence-electron chi connectivity index (χ2n) is 8.00. The molecule has 2 aliphatic rings. The lowest BCUT2D eigenvalue weighted by molar-refractivity contribution is -0.135. The number of carbonyl (C=O) groups is 2. The molecule has 6 heteroatoms. The van der Waals surface area contributed by atoms with Crippen LogP contribution in [0.25, 0.3) is 0 Å². The fourth-order valence-corrected chi connectivity index (χ4v) is 3.83. The highest BCUT2D eigenvalue weighted by Gasteiger charge is 2.39. The second kappa shape index (κ2) is 7.95. The van der Waals surface area contributed by atoms with Gasteiger partial charge in [-0.25, -0.2) is 0 Å². The van der Waals surface area contributed by atoms with Crippen molar-refractivity contribution in [2.75, 3.05) is 13.7 Å². The SMILES string of the molecule is C=C(C)COc1ccc(C2CC(=O)Oc3ccc4c(c32)OC(=C(C)C)C4=O)cc1OC. The Morgan fingerprint density at radius 1 is 1.10 bits per heavy atom. The third-order valence-corrected chi connectivity index (χ3v) is 5.27. The highest BCUT2D eigenvalue weighted by Crippen LogP contribution is 2.49. The molecule has 0 radical (unpaired) electrons. The fraction of sp³-hybridized carbons (Fsp3) is 0.280. The molecule has 0 aromatic heterocycles. The van der Waals surface area contributed by atoms with E-state index in [1.165, 1.54) is 0 Å². The molecule has 31 heavy (non-hydrogen) atoms. The van der Waals surface area contributed by atoms with Crippen LogP contribution < -0.4 is 18.9 Å². The fourth-order valence-electron chi connectivity index (χ4n) is 3.83. The smallest absolute Gasteiger partial charge is 0.312 e. The first-order valence-corrected chi connectivity index (χ1v) is 10.0. The summed E-state index contributed by atoms with van der Waals surface area (Å²) in [5.74, 6) is 1.47. The van der Waals surface area contributed by atoms with E-state index in [1.807, 2.05) is 39.0 Å². The van der Waals surface area contributed by atoms with Gasteiger partial charge in [0.2, 0.25) is 5.78 Å². The Labute approximate surface area is 181 Å². The van der Waals surface area contributed by atoms with Crippen molar-refractivity contribution < 1.29 is 28.5 Å². The predicted molar refractivity (Wildman–Crippen MR) is 115 cm³/mol. The van der Waals surface area contributed by atoms with Crippen molar-refractivity contribution in [3.05, 3.63) is 70.5 Å². The van der Waals surface area contributed by atoms with Gasteiger partial charge in [0.1, 0.15) is 18.1 Å². The van der Waals surface area contributed by atoms with E-state index < -0.39 is 0 Å². The van der Waals surface area contributed by atoms with Crippen LogP contribution in [0.3, 0.4) is 0 Å². The van der Waals surface area contributed by atoms with Gasteiger partial charge in [-0.3, -0.25) is 9.59 Å². The van der Waals surface area contributed by atoms with E-state index in [2.05, 4.69) is 6.58 Å². The molecule has 1 unspecified atom stereocenters. The van der Waals surface area contributed by atoms with Gasteiger partial charge < -0.3 is 18.9 Å². The number of ketones is 1. The minimum atomic E-state index is -0.348. The number of fused-ring (bicyclic) bond motifs is 3. The van der Waals surface area contributed by atoms with Crippen LogP contribution in [0.5, 0.6) is 23.0 Å². The lowest BCUT2D eigenvalue weighted by Gasteiger charge is -2.27. The molecule has 1 atom stereocenters. The molecule has 0 spiro atoms. The van der Waals surface area contributed by atoms with Gasteiger partial charge in [0.05, 0.1) is 19.1 Å². The Morgan fingerprint density at radius 2 is 1.87 bits per heavy atom. The molecule has 4 rings (SSSR count). The van der Waals surface area contributed by atoms with Crippen LogP contribution in [0.2, 0.25) is 0 Å². The van der Waals surface area contributed by atoms with E-state index in [0.717, 1.165) is 16.7 Å². The first-order chi connectivity index (χ1) is 14.8. The molecule has 6 nitrogen and oxygen atoms in total. The van der Waals surface area contributed by atoms with Crippen LogP contribution in [0.4, 0.5) is 0 Å². The van der Waals surface area contributed by atoms with Gasteiger partial charge in [0.25, 0.3) is 0 Å². The lowest BCUT2D eigenvalue weighted by Crippen LogP contribution is -2.21. The number of esters is 1. The first-order valence-electron chi connectivity index (χ1n) is 10.0. The monoisotopic (exact) mass is 420 g/mol. The topological polar surface area (TPSA) is 71.1 Å². The van der Waals surface area contributed by atoms with Gasteiger partial charge >= 0.3 is 5.97 Å².